The van der Waals surface area contributed by atoms with Crippen molar-refractivity contribution in [1.29, 1.82) is 0 Å². The minimum absolute atomic E-state index is 0.0266. The first-order valence-corrected chi connectivity index (χ1v) is 22.1. The maximum Gasteiger partial charge on any atom is 0.490 e. The summed E-state index contributed by atoms with van der Waals surface area (Å²) in [6, 6.07) is 6.27. The SMILES string of the molecule is COC1CC(n2cc(C#CCNC(=O)COCCOC(COc3cccc(C(=O)NCCCC(C)=O)c3)N=[N+]=[N-])c(N)nc2=O)O[C@H]1COP(=O)(O)OP(=O)(O)OP(=O)(O)O. The van der Waals surface area contributed by atoms with Crippen molar-refractivity contribution >= 4 is 46.9 Å². The van der Waals surface area contributed by atoms with E-state index in [1.807, 2.05) is 0 Å². The van der Waals surface area contributed by atoms with E-state index < -0.39 is 72.9 Å². The van der Waals surface area contributed by atoms with E-state index in [1.165, 1.54) is 26.3 Å². The molecule has 1 saturated heterocycles. The quantitative estimate of drug-likeness (QED) is 0.0181. The summed E-state index contributed by atoms with van der Waals surface area (Å²) in [7, 11) is -15.6. The molecule has 1 fully saturated rings. The molecule has 0 spiro atoms. The monoisotopic (exact) mass is 924 g/mol. The summed E-state index contributed by atoms with van der Waals surface area (Å²) in [6.07, 6.45) is -2.26. The molecular formula is C31H43N8O19P3. The molecule has 5 unspecified atom stereocenters. The molecule has 0 radical (unpaired) electrons. The van der Waals surface area contributed by atoms with Crippen molar-refractivity contribution in [1.82, 2.24) is 20.2 Å². The number of Topliss-reactive ketones (excluding diaryl/α,β-unsaturated/α-hetero) is 1. The highest BCUT2D eigenvalue weighted by atomic mass is 31.3. The van der Waals surface area contributed by atoms with Crippen LogP contribution in [-0.4, -0.2) is 118 Å². The van der Waals surface area contributed by atoms with E-state index >= 15 is 0 Å². The average Bonchev–Trinajstić information content (AvgIpc) is 3.58. The number of hydrogen-bond acceptors (Lipinski definition) is 18. The number of aromatic nitrogens is 2. The van der Waals surface area contributed by atoms with Gasteiger partial charge >= 0.3 is 29.2 Å². The van der Waals surface area contributed by atoms with E-state index in [1.54, 1.807) is 18.2 Å². The van der Waals surface area contributed by atoms with Crippen LogP contribution in [0.25, 0.3) is 10.4 Å². The molecule has 0 bridgehead atoms. The van der Waals surface area contributed by atoms with Crippen LogP contribution in [0.2, 0.25) is 0 Å². The van der Waals surface area contributed by atoms with Crippen LogP contribution >= 0.6 is 23.5 Å². The number of rotatable bonds is 25. The van der Waals surface area contributed by atoms with E-state index in [9.17, 15) is 42.7 Å². The number of carbonyl (C=O) groups excluding carboxylic acids is 3. The fourth-order valence-electron chi connectivity index (χ4n) is 4.97. The van der Waals surface area contributed by atoms with E-state index in [-0.39, 0.29) is 55.9 Å². The number of phosphoric ester groups is 1. The summed E-state index contributed by atoms with van der Waals surface area (Å²) in [6.45, 7) is 0.0133. The first kappa shape index (κ1) is 50.8. The highest BCUT2D eigenvalue weighted by Crippen LogP contribution is 2.66. The van der Waals surface area contributed by atoms with Gasteiger partial charge in [-0.25, -0.2) is 18.5 Å². The zero-order chi connectivity index (χ0) is 45.2. The molecule has 6 atom stereocenters. The van der Waals surface area contributed by atoms with Crippen LogP contribution in [-0.2, 0) is 55.4 Å². The maximum absolute atomic E-state index is 12.7. The van der Waals surface area contributed by atoms with Gasteiger partial charge in [0.2, 0.25) is 5.91 Å². The zero-order valence-corrected chi connectivity index (χ0v) is 35.0. The molecule has 8 N–H and O–H groups in total. The van der Waals surface area contributed by atoms with Gasteiger partial charge in [0, 0.05) is 43.2 Å². The van der Waals surface area contributed by atoms with Crippen molar-refractivity contribution in [3.63, 3.8) is 0 Å². The molecule has 0 saturated carbocycles. The van der Waals surface area contributed by atoms with Crippen LogP contribution < -0.4 is 26.8 Å². The molecule has 30 heteroatoms. The second kappa shape index (κ2) is 24.2. The number of ether oxygens (including phenoxy) is 5. The Kier molecular flexibility index (Phi) is 20.1. The minimum Gasteiger partial charge on any atom is -0.491 e. The summed E-state index contributed by atoms with van der Waals surface area (Å²) in [5.41, 5.74) is 14.3. The summed E-state index contributed by atoms with van der Waals surface area (Å²) in [5.74, 6) is 4.46. The van der Waals surface area contributed by atoms with Gasteiger partial charge in [-0.05, 0) is 37.1 Å². The lowest BCUT2D eigenvalue weighted by Gasteiger charge is -2.20. The number of nitrogens with zero attached hydrogens (tertiary/aromatic N) is 5. The topological polar surface area (TPSA) is 391 Å². The standard InChI is InChI=1S/C31H43N8O19P3/c1-20(40)6-4-11-35-30(42)21-7-3-9-23(14-21)54-19-27(37-38-33)53-13-12-52-18-26(41)34-10-5-8-22-16-39(31(43)36-29(22)32)28-15-24(51-2)25(56-28)17-55-60(47,48)58-61(49,50)57-59(44,45)46/h3,7,9,14,16,24-25,27-28H,4,6,10-13,15,17-19H2,1-2H3,(H,34,41)(H,35,42)(H,47,48)(H,49,50)(H2,32,36,43)(H2,44,45,46)/t24?,25-,27?,28?/m0/s1. The number of nitrogen functional groups attached to an aromatic ring is 1. The Labute approximate surface area is 346 Å². The molecular weight excluding hydrogens is 881 g/mol. The molecule has 1 aliphatic heterocycles. The Morgan fingerprint density at radius 2 is 1.90 bits per heavy atom. The van der Waals surface area contributed by atoms with Crippen LogP contribution in [0.3, 0.4) is 0 Å². The number of anilines is 1. The number of ketones is 1. The third-order valence-corrected chi connectivity index (χ3v) is 11.4. The second-order valence-electron chi connectivity index (χ2n) is 12.3. The third kappa shape index (κ3) is 18.9. The van der Waals surface area contributed by atoms with Crippen LogP contribution in [0.1, 0.15) is 48.3 Å². The third-order valence-electron chi connectivity index (χ3n) is 7.62. The Hall–Kier alpha value is -4.57. The first-order chi connectivity index (χ1) is 28.7. The van der Waals surface area contributed by atoms with E-state index in [0.717, 1.165) is 4.57 Å². The molecule has 1 aromatic carbocycles. The molecule has 27 nitrogen and oxygen atoms in total. The van der Waals surface area contributed by atoms with E-state index in [2.05, 4.69) is 50.6 Å². The predicted molar refractivity (Wildman–Crippen MR) is 206 cm³/mol. The minimum atomic E-state index is -5.76. The van der Waals surface area contributed by atoms with Crippen molar-refractivity contribution in [2.75, 3.05) is 59.0 Å². The van der Waals surface area contributed by atoms with Gasteiger partial charge in [0.25, 0.3) is 5.91 Å². The lowest BCUT2D eigenvalue weighted by Crippen LogP contribution is -2.29. The smallest absolute Gasteiger partial charge is 0.490 e. The van der Waals surface area contributed by atoms with Gasteiger partial charge in [-0.1, -0.05) is 23.0 Å². The fourth-order valence-corrected chi connectivity index (χ4v) is 8.00. The van der Waals surface area contributed by atoms with Crippen molar-refractivity contribution in [2.45, 2.75) is 50.8 Å². The van der Waals surface area contributed by atoms with Crippen LogP contribution in [0.4, 0.5) is 5.82 Å². The number of nitrogens with one attached hydrogen (secondary N) is 2. The normalized spacial score (nSPS) is 18.6. The summed E-state index contributed by atoms with van der Waals surface area (Å²) >= 11 is 0. The Bertz CT molecular complexity index is 2170. The molecule has 1 aromatic heterocycles. The van der Waals surface area contributed by atoms with Gasteiger partial charge in [-0.3, -0.25) is 18.7 Å². The zero-order valence-electron chi connectivity index (χ0n) is 32.3. The lowest BCUT2D eigenvalue weighted by atomic mass is 10.2. The van der Waals surface area contributed by atoms with E-state index in [0.29, 0.717) is 30.7 Å². The number of azide groups is 1. The van der Waals surface area contributed by atoms with Gasteiger partial charge in [0.1, 0.15) is 42.9 Å². The molecule has 61 heavy (non-hydrogen) atoms. The lowest BCUT2D eigenvalue weighted by molar-refractivity contribution is -0.126. The number of amides is 2. The average molecular weight is 925 g/mol. The summed E-state index contributed by atoms with van der Waals surface area (Å²) in [5, 5.41) is 8.72. The highest BCUT2D eigenvalue weighted by molar-refractivity contribution is 7.66. The summed E-state index contributed by atoms with van der Waals surface area (Å²) in [4.78, 5) is 91.3. The molecule has 3 rings (SSSR count). The Balaban J connectivity index is 1.44. The number of nitrogens with two attached hydrogens (primary N) is 1. The number of carbonyl (C=O) groups is 3. The number of phosphoric acid groups is 3. The number of benzene rings is 1. The van der Waals surface area contributed by atoms with Crippen LogP contribution in [0, 0.1) is 11.8 Å². The first-order valence-electron chi connectivity index (χ1n) is 17.6. The number of methoxy groups -OCH3 is 1. The predicted octanol–water partition coefficient (Wildman–Crippen LogP) is 0.787. The molecule has 2 amide bonds. The molecule has 2 aromatic rings. The van der Waals surface area contributed by atoms with Gasteiger partial charge in [-0.15, -0.1) is 0 Å². The van der Waals surface area contributed by atoms with Crippen molar-refractivity contribution in [2.24, 2.45) is 5.11 Å². The molecule has 336 valence electrons. The van der Waals surface area contributed by atoms with Crippen molar-refractivity contribution in [3.8, 4) is 17.6 Å². The van der Waals surface area contributed by atoms with Gasteiger partial charge < -0.3 is 64.4 Å². The van der Waals surface area contributed by atoms with Gasteiger partial charge in [-0.2, -0.15) is 13.6 Å². The van der Waals surface area contributed by atoms with Crippen LogP contribution in [0.5, 0.6) is 5.75 Å². The van der Waals surface area contributed by atoms with Crippen LogP contribution in [0.15, 0.2) is 40.4 Å². The largest absolute Gasteiger partial charge is 0.491 e. The summed E-state index contributed by atoms with van der Waals surface area (Å²) < 4.78 is 74.9. The van der Waals surface area contributed by atoms with Gasteiger partial charge in [0.15, 0.2) is 6.23 Å². The second-order valence-corrected chi connectivity index (χ2v) is 16.7. The fraction of sp³-hybridized carbons (Fsp3) is 0.516. The molecule has 0 aliphatic carbocycles. The van der Waals surface area contributed by atoms with Crippen molar-refractivity contribution < 1.29 is 84.5 Å². The molecule has 1 aliphatic rings. The number of hydrogen-bond donors (Lipinski definition) is 7. The Morgan fingerprint density at radius 3 is 2.59 bits per heavy atom. The van der Waals surface area contributed by atoms with E-state index in [4.69, 9.17) is 44.7 Å². The maximum atomic E-state index is 12.7. The van der Waals surface area contributed by atoms with Gasteiger partial charge in [0.05, 0.1) is 38.0 Å². The highest BCUT2D eigenvalue weighted by Gasteiger charge is 2.43. The van der Waals surface area contributed by atoms with Crippen molar-refractivity contribution in [3.05, 3.63) is 62.5 Å². The molecule has 2 heterocycles. The Morgan fingerprint density at radius 1 is 1.15 bits per heavy atom.